The lowest BCUT2D eigenvalue weighted by Crippen LogP contribution is -2.36. The molecule has 0 radical (unpaired) electrons. The highest BCUT2D eigenvalue weighted by Crippen LogP contribution is 2.27. The summed E-state index contributed by atoms with van der Waals surface area (Å²) in [4.78, 5) is 24.7. The van der Waals surface area contributed by atoms with E-state index in [1.807, 2.05) is 0 Å². The minimum Gasteiger partial charge on any atom is -0.391 e. The van der Waals surface area contributed by atoms with Crippen LogP contribution in [0.3, 0.4) is 0 Å². The highest BCUT2D eigenvalue weighted by atomic mass is 16.6. The molecule has 1 heterocycles. The second-order valence-corrected chi connectivity index (χ2v) is 7.09. The van der Waals surface area contributed by atoms with E-state index in [1.54, 1.807) is 0 Å². The maximum Gasteiger partial charge on any atom is 0.269 e. The zero-order valence-electron chi connectivity index (χ0n) is 14.3. The molecule has 25 heavy (non-hydrogen) atoms. The Hall–Kier alpha value is -1.99. The fourth-order valence-electron chi connectivity index (χ4n) is 3.89. The topological polar surface area (TPSA) is 95.7 Å². The summed E-state index contributed by atoms with van der Waals surface area (Å²) in [6.45, 7) is 1.91. The molecule has 1 aromatic rings. The first-order valence-corrected chi connectivity index (χ1v) is 8.99. The van der Waals surface area contributed by atoms with Gasteiger partial charge in [-0.05, 0) is 25.0 Å². The van der Waals surface area contributed by atoms with Gasteiger partial charge in [-0.2, -0.15) is 0 Å². The third-order valence-corrected chi connectivity index (χ3v) is 5.39. The molecule has 2 aliphatic rings. The number of benzene rings is 1. The lowest BCUT2D eigenvalue weighted by Gasteiger charge is -2.30. The van der Waals surface area contributed by atoms with Crippen LogP contribution in [-0.2, 0) is 0 Å². The molecule has 0 aromatic heterocycles. The van der Waals surface area contributed by atoms with Crippen molar-refractivity contribution in [3.63, 3.8) is 0 Å². The molecule has 7 heteroatoms. The second kappa shape index (κ2) is 7.93. The number of nitro groups is 1. The second-order valence-electron chi connectivity index (χ2n) is 7.09. The minimum absolute atomic E-state index is 0.0314. The predicted molar refractivity (Wildman–Crippen MR) is 93.4 cm³/mol. The fraction of sp³-hybridized carbons (Fsp3) is 0.611. The zero-order valence-corrected chi connectivity index (χ0v) is 14.3. The van der Waals surface area contributed by atoms with E-state index >= 15 is 0 Å². The maximum atomic E-state index is 12.2. The van der Waals surface area contributed by atoms with Gasteiger partial charge in [-0.1, -0.05) is 19.3 Å². The smallest absolute Gasteiger partial charge is 0.269 e. The van der Waals surface area contributed by atoms with Gasteiger partial charge in [-0.15, -0.1) is 0 Å². The van der Waals surface area contributed by atoms with Gasteiger partial charge < -0.3 is 10.4 Å². The lowest BCUT2D eigenvalue weighted by atomic mass is 9.94. The number of hydrogen-bond donors (Lipinski definition) is 2. The molecule has 2 fully saturated rings. The molecule has 0 bridgehead atoms. The Labute approximate surface area is 147 Å². The number of likely N-dealkylation sites (tertiary alicyclic amines) is 1. The summed E-state index contributed by atoms with van der Waals surface area (Å²) in [5.41, 5.74) is 0.355. The Bertz CT molecular complexity index is 613. The number of aliphatic hydroxyl groups excluding tert-OH is 1. The number of nitro benzene ring substituents is 1. The van der Waals surface area contributed by atoms with Crippen molar-refractivity contribution >= 4 is 11.6 Å². The van der Waals surface area contributed by atoms with E-state index in [0.717, 1.165) is 6.54 Å². The minimum atomic E-state index is -0.490. The summed E-state index contributed by atoms with van der Waals surface area (Å²) < 4.78 is 0. The maximum absolute atomic E-state index is 12.2. The van der Waals surface area contributed by atoms with E-state index in [9.17, 15) is 20.0 Å². The van der Waals surface area contributed by atoms with Crippen LogP contribution < -0.4 is 5.32 Å². The molecule has 1 aliphatic carbocycles. The molecule has 3 rings (SSSR count). The molecule has 136 valence electrons. The van der Waals surface area contributed by atoms with Gasteiger partial charge in [0, 0.05) is 49.3 Å². The van der Waals surface area contributed by atoms with Crippen molar-refractivity contribution in [3.05, 3.63) is 39.9 Å². The Kier molecular flexibility index (Phi) is 5.65. The van der Waals surface area contributed by atoms with Crippen LogP contribution >= 0.6 is 0 Å². The quantitative estimate of drug-likeness (QED) is 0.627. The number of aliphatic hydroxyl groups is 1. The Morgan fingerprint density at radius 2 is 1.88 bits per heavy atom. The SMILES string of the molecule is O=C(NCC1CN(C2CCCCC2)CC1O)c1ccc([N+](=O)[O-])cc1. The molecule has 0 spiro atoms. The molecule has 7 nitrogen and oxygen atoms in total. The highest BCUT2D eigenvalue weighted by Gasteiger charge is 2.35. The number of hydrogen-bond acceptors (Lipinski definition) is 5. The monoisotopic (exact) mass is 347 g/mol. The summed E-state index contributed by atoms with van der Waals surface area (Å²) in [6, 6.07) is 6.12. The lowest BCUT2D eigenvalue weighted by molar-refractivity contribution is -0.384. The van der Waals surface area contributed by atoms with Crippen LogP contribution in [0.4, 0.5) is 5.69 Å². The molecule has 1 saturated carbocycles. The van der Waals surface area contributed by atoms with Gasteiger partial charge in [-0.3, -0.25) is 19.8 Å². The van der Waals surface area contributed by atoms with E-state index in [1.165, 1.54) is 56.4 Å². The average Bonchev–Trinajstić information content (AvgIpc) is 3.01. The molecular weight excluding hydrogens is 322 g/mol. The van der Waals surface area contributed by atoms with Crippen LogP contribution in [0.1, 0.15) is 42.5 Å². The Balaban J connectivity index is 1.50. The molecule has 2 unspecified atom stereocenters. The van der Waals surface area contributed by atoms with Crippen LogP contribution in [-0.4, -0.2) is 52.6 Å². The molecule has 2 N–H and O–H groups in total. The third-order valence-electron chi connectivity index (χ3n) is 5.39. The van der Waals surface area contributed by atoms with E-state index in [-0.39, 0.29) is 17.5 Å². The van der Waals surface area contributed by atoms with Gasteiger partial charge in [0.25, 0.3) is 11.6 Å². The predicted octanol–water partition coefficient (Wildman–Crippen LogP) is 1.95. The van der Waals surface area contributed by atoms with E-state index in [0.29, 0.717) is 24.7 Å². The summed E-state index contributed by atoms with van der Waals surface area (Å²) in [5.74, 6) is -0.234. The molecule has 1 aromatic carbocycles. The van der Waals surface area contributed by atoms with Gasteiger partial charge in [0.1, 0.15) is 0 Å². The first kappa shape index (κ1) is 17.8. The van der Waals surface area contributed by atoms with E-state index in [4.69, 9.17) is 0 Å². The van der Waals surface area contributed by atoms with Gasteiger partial charge in [-0.25, -0.2) is 0 Å². The van der Waals surface area contributed by atoms with E-state index in [2.05, 4.69) is 10.2 Å². The normalized spacial score (nSPS) is 25.0. The number of β-amino-alcohol motifs (C(OH)–C–C–N with tert-alkyl or cyclic N) is 1. The number of rotatable bonds is 5. The van der Waals surface area contributed by atoms with Gasteiger partial charge >= 0.3 is 0 Å². The van der Waals surface area contributed by atoms with Crippen LogP contribution in [0.15, 0.2) is 24.3 Å². The number of nitrogens with one attached hydrogen (secondary N) is 1. The van der Waals surface area contributed by atoms with Gasteiger partial charge in [0.2, 0.25) is 0 Å². The fourth-order valence-corrected chi connectivity index (χ4v) is 3.89. The highest BCUT2D eigenvalue weighted by molar-refractivity contribution is 5.94. The summed E-state index contributed by atoms with van der Waals surface area (Å²) >= 11 is 0. The number of nitrogens with zero attached hydrogens (tertiary/aromatic N) is 2. The average molecular weight is 347 g/mol. The third kappa shape index (κ3) is 4.35. The van der Waals surface area contributed by atoms with Crippen molar-refractivity contribution in [2.75, 3.05) is 19.6 Å². The molecule has 1 saturated heterocycles. The molecular formula is C18H25N3O4. The van der Waals surface area contributed by atoms with Crippen LogP contribution in [0.2, 0.25) is 0 Å². The van der Waals surface area contributed by atoms with Gasteiger partial charge in [0.15, 0.2) is 0 Å². The van der Waals surface area contributed by atoms with Crippen LogP contribution in [0.25, 0.3) is 0 Å². The van der Waals surface area contributed by atoms with Crippen molar-refractivity contribution in [2.24, 2.45) is 5.92 Å². The van der Waals surface area contributed by atoms with Crippen molar-refractivity contribution in [1.29, 1.82) is 0 Å². The van der Waals surface area contributed by atoms with Gasteiger partial charge in [0.05, 0.1) is 11.0 Å². The first-order valence-electron chi connectivity index (χ1n) is 8.99. The summed E-state index contributed by atoms with van der Waals surface area (Å²) in [5, 5.41) is 23.8. The Morgan fingerprint density at radius 3 is 2.52 bits per heavy atom. The molecule has 1 aliphatic heterocycles. The molecule has 1 amide bonds. The van der Waals surface area contributed by atoms with Crippen molar-refractivity contribution in [2.45, 2.75) is 44.2 Å². The first-order chi connectivity index (χ1) is 12.0. The standard InChI is InChI=1S/C18H25N3O4/c22-17-12-20(15-4-2-1-3-5-15)11-14(17)10-19-18(23)13-6-8-16(9-7-13)21(24)25/h6-9,14-15,17,22H,1-5,10-12H2,(H,19,23). The zero-order chi connectivity index (χ0) is 17.8. The van der Waals surface area contributed by atoms with Crippen LogP contribution in [0.5, 0.6) is 0 Å². The van der Waals surface area contributed by atoms with Crippen LogP contribution in [0, 0.1) is 16.0 Å². The number of carbonyl (C=O) groups is 1. The number of carbonyl (C=O) groups excluding carboxylic acids is 1. The Morgan fingerprint density at radius 1 is 1.20 bits per heavy atom. The van der Waals surface area contributed by atoms with E-state index < -0.39 is 11.0 Å². The summed E-state index contributed by atoms with van der Waals surface area (Å²) in [7, 11) is 0. The largest absolute Gasteiger partial charge is 0.391 e. The van der Waals surface area contributed by atoms with Crippen molar-refractivity contribution < 1.29 is 14.8 Å². The molecule has 2 atom stereocenters. The summed E-state index contributed by atoms with van der Waals surface area (Å²) in [6.07, 6.45) is 5.82. The van der Waals surface area contributed by atoms with Crippen molar-refractivity contribution in [1.82, 2.24) is 10.2 Å². The number of amides is 1. The number of non-ortho nitro benzene ring substituents is 1. The van der Waals surface area contributed by atoms with Crippen molar-refractivity contribution in [3.8, 4) is 0 Å².